The lowest BCUT2D eigenvalue weighted by atomic mass is 9.79. The number of hydrogen-bond donors (Lipinski definition) is 2. The summed E-state index contributed by atoms with van der Waals surface area (Å²) >= 11 is 0. The summed E-state index contributed by atoms with van der Waals surface area (Å²) in [6.45, 7) is 4.78. The van der Waals surface area contributed by atoms with E-state index in [1.54, 1.807) is 6.08 Å². The van der Waals surface area contributed by atoms with Crippen LogP contribution in [-0.2, 0) is 4.79 Å². The van der Waals surface area contributed by atoms with E-state index >= 15 is 0 Å². The number of carbonyl (C=O) groups is 1. The van der Waals surface area contributed by atoms with Gasteiger partial charge in [0.25, 0.3) is 0 Å². The quantitative estimate of drug-likeness (QED) is 0.718. The molecule has 2 N–H and O–H groups in total. The largest absolute Gasteiger partial charge is 0.396 e. The Morgan fingerprint density at radius 1 is 1.31 bits per heavy atom. The van der Waals surface area contributed by atoms with E-state index in [0.717, 1.165) is 18.4 Å². The molecule has 1 aliphatic rings. The molecular formula is C13H23NO2. The molecule has 2 unspecified atom stereocenters. The van der Waals surface area contributed by atoms with Crippen LogP contribution < -0.4 is 5.32 Å². The second-order valence-corrected chi connectivity index (χ2v) is 4.95. The summed E-state index contributed by atoms with van der Waals surface area (Å²) in [4.78, 5) is 11.4. The minimum absolute atomic E-state index is 0.0118. The molecule has 0 aromatic heterocycles. The van der Waals surface area contributed by atoms with Crippen LogP contribution in [0.4, 0.5) is 0 Å². The molecule has 0 heterocycles. The van der Waals surface area contributed by atoms with Gasteiger partial charge in [0, 0.05) is 19.2 Å². The highest BCUT2D eigenvalue weighted by Crippen LogP contribution is 2.28. The van der Waals surface area contributed by atoms with Crippen LogP contribution in [0, 0.1) is 11.8 Å². The minimum atomic E-state index is -0.0118. The third-order valence-electron chi connectivity index (χ3n) is 3.26. The van der Waals surface area contributed by atoms with Crippen LogP contribution in [0.25, 0.3) is 0 Å². The van der Waals surface area contributed by atoms with Crippen molar-refractivity contribution in [3.63, 3.8) is 0 Å². The van der Waals surface area contributed by atoms with Crippen LogP contribution in [0.15, 0.2) is 11.6 Å². The Hall–Kier alpha value is -0.830. The van der Waals surface area contributed by atoms with E-state index in [0.29, 0.717) is 18.4 Å². The van der Waals surface area contributed by atoms with Gasteiger partial charge in [-0.05, 0) is 38.5 Å². The molecule has 3 nitrogen and oxygen atoms in total. The Morgan fingerprint density at radius 2 is 1.94 bits per heavy atom. The van der Waals surface area contributed by atoms with E-state index in [2.05, 4.69) is 5.32 Å². The molecular weight excluding hydrogens is 202 g/mol. The van der Waals surface area contributed by atoms with Gasteiger partial charge >= 0.3 is 0 Å². The number of aliphatic hydroxyl groups is 1. The Balaban J connectivity index is 2.35. The van der Waals surface area contributed by atoms with E-state index in [1.165, 1.54) is 12.8 Å². The van der Waals surface area contributed by atoms with Gasteiger partial charge in [-0.3, -0.25) is 4.79 Å². The molecule has 0 aromatic carbocycles. The predicted octanol–water partition coefficient (Wildman–Crippen LogP) is 1.87. The van der Waals surface area contributed by atoms with Gasteiger partial charge < -0.3 is 10.4 Å². The monoisotopic (exact) mass is 225 g/mol. The van der Waals surface area contributed by atoms with Crippen molar-refractivity contribution < 1.29 is 9.90 Å². The van der Waals surface area contributed by atoms with Crippen molar-refractivity contribution in [3.05, 3.63) is 11.6 Å². The van der Waals surface area contributed by atoms with Crippen molar-refractivity contribution in [2.24, 2.45) is 11.8 Å². The zero-order valence-electron chi connectivity index (χ0n) is 10.3. The van der Waals surface area contributed by atoms with Gasteiger partial charge in [0.2, 0.25) is 5.91 Å². The van der Waals surface area contributed by atoms with Crippen LogP contribution in [0.1, 0.15) is 39.5 Å². The number of allylic oxidation sites excluding steroid dienone is 1. The minimum Gasteiger partial charge on any atom is -0.396 e. The maximum absolute atomic E-state index is 11.4. The molecule has 92 valence electrons. The SMILES string of the molecule is CC(C)=CC(=O)NCC1CCCCC1CO. The lowest BCUT2D eigenvalue weighted by molar-refractivity contribution is -0.116. The Labute approximate surface area is 97.9 Å². The first-order chi connectivity index (χ1) is 7.63. The number of hydrogen-bond acceptors (Lipinski definition) is 2. The summed E-state index contributed by atoms with van der Waals surface area (Å²) in [5, 5.41) is 12.2. The summed E-state index contributed by atoms with van der Waals surface area (Å²) in [6, 6.07) is 0. The number of aliphatic hydroxyl groups excluding tert-OH is 1. The molecule has 1 saturated carbocycles. The number of rotatable bonds is 4. The van der Waals surface area contributed by atoms with E-state index in [9.17, 15) is 9.90 Å². The second-order valence-electron chi connectivity index (χ2n) is 4.95. The fourth-order valence-electron chi connectivity index (χ4n) is 2.34. The first kappa shape index (κ1) is 13.2. The average Bonchev–Trinajstić information content (AvgIpc) is 2.26. The van der Waals surface area contributed by atoms with E-state index in [1.807, 2.05) is 13.8 Å². The highest BCUT2D eigenvalue weighted by Gasteiger charge is 2.24. The topological polar surface area (TPSA) is 49.3 Å². The smallest absolute Gasteiger partial charge is 0.243 e. The normalized spacial score (nSPS) is 24.9. The first-order valence-corrected chi connectivity index (χ1v) is 6.17. The first-order valence-electron chi connectivity index (χ1n) is 6.17. The van der Waals surface area contributed by atoms with Crippen LogP contribution in [0.2, 0.25) is 0 Å². The molecule has 0 spiro atoms. The predicted molar refractivity (Wildman–Crippen MR) is 65.0 cm³/mol. The van der Waals surface area contributed by atoms with E-state index < -0.39 is 0 Å². The molecule has 1 amide bonds. The van der Waals surface area contributed by atoms with Gasteiger partial charge in [-0.1, -0.05) is 18.4 Å². The van der Waals surface area contributed by atoms with Crippen molar-refractivity contribution in [1.29, 1.82) is 0 Å². The van der Waals surface area contributed by atoms with Crippen LogP contribution >= 0.6 is 0 Å². The van der Waals surface area contributed by atoms with Gasteiger partial charge in [0.05, 0.1) is 0 Å². The summed E-state index contributed by atoms with van der Waals surface area (Å²) in [7, 11) is 0. The van der Waals surface area contributed by atoms with Gasteiger partial charge in [-0.15, -0.1) is 0 Å². The van der Waals surface area contributed by atoms with Crippen molar-refractivity contribution >= 4 is 5.91 Å². The third-order valence-corrected chi connectivity index (χ3v) is 3.26. The zero-order chi connectivity index (χ0) is 12.0. The van der Waals surface area contributed by atoms with Crippen LogP contribution in [0.5, 0.6) is 0 Å². The molecule has 1 rings (SSSR count). The second kappa shape index (κ2) is 6.69. The van der Waals surface area contributed by atoms with Crippen molar-refractivity contribution in [1.82, 2.24) is 5.32 Å². The standard InChI is InChI=1S/C13H23NO2/c1-10(2)7-13(16)14-8-11-5-3-4-6-12(11)9-15/h7,11-12,15H,3-6,8-9H2,1-2H3,(H,14,16). The number of nitrogens with one attached hydrogen (secondary N) is 1. The lowest BCUT2D eigenvalue weighted by Gasteiger charge is -2.30. The van der Waals surface area contributed by atoms with Crippen molar-refractivity contribution in [2.75, 3.05) is 13.2 Å². The van der Waals surface area contributed by atoms with E-state index in [-0.39, 0.29) is 12.5 Å². The lowest BCUT2D eigenvalue weighted by Crippen LogP contribution is -2.34. The molecule has 1 aliphatic carbocycles. The Morgan fingerprint density at radius 3 is 2.50 bits per heavy atom. The maximum atomic E-state index is 11.4. The zero-order valence-corrected chi connectivity index (χ0v) is 10.3. The molecule has 3 heteroatoms. The van der Waals surface area contributed by atoms with Crippen LogP contribution in [-0.4, -0.2) is 24.2 Å². The molecule has 0 saturated heterocycles. The van der Waals surface area contributed by atoms with Gasteiger partial charge in [0.15, 0.2) is 0 Å². The summed E-state index contributed by atoms with van der Waals surface area (Å²) < 4.78 is 0. The fourth-order valence-corrected chi connectivity index (χ4v) is 2.34. The Kier molecular flexibility index (Phi) is 5.53. The van der Waals surface area contributed by atoms with Gasteiger partial charge in [-0.2, -0.15) is 0 Å². The highest BCUT2D eigenvalue weighted by molar-refractivity contribution is 5.87. The summed E-state index contributed by atoms with van der Waals surface area (Å²) in [5.41, 5.74) is 1.01. The average molecular weight is 225 g/mol. The molecule has 0 aromatic rings. The van der Waals surface area contributed by atoms with Gasteiger partial charge in [0.1, 0.15) is 0 Å². The molecule has 0 radical (unpaired) electrons. The van der Waals surface area contributed by atoms with Crippen molar-refractivity contribution in [3.8, 4) is 0 Å². The fraction of sp³-hybridized carbons (Fsp3) is 0.769. The summed E-state index contributed by atoms with van der Waals surface area (Å²) in [5.74, 6) is 0.816. The van der Waals surface area contributed by atoms with E-state index in [4.69, 9.17) is 0 Å². The molecule has 0 aliphatic heterocycles. The van der Waals surface area contributed by atoms with Crippen LogP contribution in [0.3, 0.4) is 0 Å². The number of amides is 1. The molecule has 1 fully saturated rings. The molecule has 0 bridgehead atoms. The maximum Gasteiger partial charge on any atom is 0.243 e. The highest BCUT2D eigenvalue weighted by atomic mass is 16.3. The van der Waals surface area contributed by atoms with Gasteiger partial charge in [-0.25, -0.2) is 0 Å². The summed E-state index contributed by atoms with van der Waals surface area (Å²) in [6.07, 6.45) is 6.28. The Bertz CT molecular complexity index is 257. The molecule has 16 heavy (non-hydrogen) atoms. The molecule has 2 atom stereocenters. The third kappa shape index (κ3) is 4.35. The van der Waals surface area contributed by atoms with Crippen molar-refractivity contribution in [2.45, 2.75) is 39.5 Å². The number of carbonyl (C=O) groups excluding carboxylic acids is 1.